The molecule has 2 atom stereocenters. The maximum Gasteiger partial charge on any atom is 0.306 e. The second-order valence-electron chi connectivity index (χ2n) is 6.32. The summed E-state index contributed by atoms with van der Waals surface area (Å²) in [6.07, 6.45) is 5.99. The third-order valence-corrected chi connectivity index (χ3v) is 4.93. The molecule has 3 heteroatoms. The molecule has 1 aromatic rings. The fraction of sp³-hybridized carbons (Fsp3) is 0.588. The van der Waals surface area contributed by atoms with Crippen molar-refractivity contribution in [1.29, 1.82) is 0 Å². The fourth-order valence-corrected chi connectivity index (χ4v) is 3.82. The van der Waals surface area contributed by atoms with Gasteiger partial charge in [0.2, 0.25) is 0 Å². The molecule has 0 saturated heterocycles. The zero-order chi connectivity index (χ0) is 14.1. The first-order chi connectivity index (χ1) is 9.66. The Morgan fingerprint density at radius 1 is 1.35 bits per heavy atom. The summed E-state index contributed by atoms with van der Waals surface area (Å²) in [6.45, 7) is 2.82. The molecule has 1 aliphatic carbocycles. The number of carboxylic acids is 1. The minimum absolute atomic E-state index is 0.267. The molecule has 0 radical (unpaired) electrons. The van der Waals surface area contributed by atoms with Crippen molar-refractivity contribution in [3.05, 3.63) is 29.8 Å². The average Bonchev–Trinajstić information content (AvgIpc) is 3.06. The van der Waals surface area contributed by atoms with E-state index in [0.29, 0.717) is 12.0 Å². The number of hydrogen-bond donors (Lipinski definition) is 1. The van der Waals surface area contributed by atoms with Gasteiger partial charge >= 0.3 is 5.97 Å². The number of benzene rings is 1. The van der Waals surface area contributed by atoms with Crippen molar-refractivity contribution in [1.82, 2.24) is 0 Å². The number of rotatable bonds is 4. The van der Waals surface area contributed by atoms with Crippen LogP contribution in [0.3, 0.4) is 0 Å². The lowest BCUT2D eigenvalue weighted by Crippen LogP contribution is -2.32. The van der Waals surface area contributed by atoms with Crippen LogP contribution >= 0.6 is 0 Å². The second-order valence-corrected chi connectivity index (χ2v) is 6.32. The molecule has 2 unspecified atom stereocenters. The highest BCUT2D eigenvalue weighted by molar-refractivity contribution is 5.70. The van der Waals surface area contributed by atoms with Crippen molar-refractivity contribution >= 4 is 11.7 Å². The number of hydrogen-bond acceptors (Lipinski definition) is 2. The Morgan fingerprint density at radius 2 is 2.05 bits per heavy atom. The van der Waals surface area contributed by atoms with E-state index >= 15 is 0 Å². The Labute approximate surface area is 120 Å². The molecular weight excluding hydrogens is 250 g/mol. The Morgan fingerprint density at radius 3 is 2.75 bits per heavy atom. The van der Waals surface area contributed by atoms with Crippen molar-refractivity contribution in [3.63, 3.8) is 0 Å². The number of nitrogens with zero attached hydrogens (tertiary/aromatic N) is 1. The fourth-order valence-electron chi connectivity index (χ4n) is 3.82. The molecule has 0 bridgehead atoms. The molecule has 3 rings (SSSR count). The van der Waals surface area contributed by atoms with E-state index in [1.807, 2.05) is 6.92 Å². The van der Waals surface area contributed by atoms with Gasteiger partial charge in [0.15, 0.2) is 0 Å². The van der Waals surface area contributed by atoms with Crippen LogP contribution in [0.15, 0.2) is 24.3 Å². The predicted molar refractivity (Wildman–Crippen MR) is 80.2 cm³/mol. The van der Waals surface area contributed by atoms with Crippen molar-refractivity contribution in [3.8, 4) is 0 Å². The zero-order valence-corrected chi connectivity index (χ0v) is 12.1. The molecule has 20 heavy (non-hydrogen) atoms. The van der Waals surface area contributed by atoms with Crippen LogP contribution in [-0.4, -0.2) is 23.7 Å². The standard InChI is InChI=1S/C17H23NO2/c1-12(17(19)20)10-13-11-18(14-6-2-3-7-14)16-9-5-4-8-15(13)16/h4-5,8-9,12-14H,2-3,6-7,10-11H2,1H3,(H,19,20). The first kappa shape index (κ1) is 13.5. The molecular formula is C17H23NO2. The Hall–Kier alpha value is -1.51. The molecule has 1 aliphatic heterocycles. The number of carbonyl (C=O) groups is 1. The molecule has 0 amide bonds. The topological polar surface area (TPSA) is 40.5 Å². The lowest BCUT2D eigenvalue weighted by Gasteiger charge is -2.27. The van der Waals surface area contributed by atoms with Crippen LogP contribution in [0, 0.1) is 5.92 Å². The van der Waals surface area contributed by atoms with E-state index in [1.165, 1.54) is 36.9 Å². The molecule has 2 aliphatic rings. The van der Waals surface area contributed by atoms with Crippen LogP contribution in [0.25, 0.3) is 0 Å². The predicted octanol–water partition coefficient (Wildman–Crippen LogP) is 3.64. The highest BCUT2D eigenvalue weighted by Gasteiger charge is 2.35. The first-order valence-electron chi connectivity index (χ1n) is 7.75. The molecule has 0 spiro atoms. The van der Waals surface area contributed by atoms with E-state index in [-0.39, 0.29) is 5.92 Å². The summed E-state index contributed by atoms with van der Waals surface area (Å²) in [5, 5.41) is 9.15. The van der Waals surface area contributed by atoms with Crippen molar-refractivity contribution in [2.75, 3.05) is 11.4 Å². The molecule has 108 valence electrons. The van der Waals surface area contributed by atoms with Crippen LogP contribution in [-0.2, 0) is 4.79 Å². The highest BCUT2D eigenvalue weighted by atomic mass is 16.4. The minimum Gasteiger partial charge on any atom is -0.481 e. The van der Waals surface area contributed by atoms with Crippen molar-refractivity contribution in [2.45, 2.75) is 51.0 Å². The Kier molecular flexibility index (Phi) is 3.68. The van der Waals surface area contributed by atoms with Gasteiger partial charge < -0.3 is 10.0 Å². The van der Waals surface area contributed by atoms with Crippen molar-refractivity contribution in [2.24, 2.45) is 5.92 Å². The SMILES string of the molecule is CC(CC1CN(C2CCCC2)c2ccccc21)C(=O)O. The van der Waals surface area contributed by atoms with Crippen LogP contribution < -0.4 is 4.90 Å². The molecule has 3 nitrogen and oxygen atoms in total. The number of carboxylic acid groups (broad SMARTS) is 1. The summed E-state index contributed by atoms with van der Waals surface area (Å²) >= 11 is 0. The van der Waals surface area contributed by atoms with Gasteiger partial charge in [0, 0.05) is 24.2 Å². The van der Waals surface area contributed by atoms with Crippen LogP contribution in [0.1, 0.15) is 50.5 Å². The number of aliphatic carboxylic acids is 1. The Bertz CT molecular complexity index is 494. The molecule has 1 saturated carbocycles. The second kappa shape index (κ2) is 5.47. The van der Waals surface area contributed by atoms with Gasteiger partial charge in [-0.25, -0.2) is 0 Å². The van der Waals surface area contributed by atoms with E-state index in [0.717, 1.165) is 13.0 Å². The van der Waals surface area contributed by atoms with Gasteiger partial charge in [-0.3, -0.25) is 4.79 Å². The quantitative estimate of drug-likeness (QED) is 0.910. The highest BCUT2D eigenvalue weighted by Crippen LogP contribution is 2.42. The van der Waals surface area contributed by atoms with Gasteiger partial charge in [-0.05, 0) is 30.9 Å². The van der Waals surface area contributed by atoms with E-state index < -0.39 is 5.97 Å². The monoisotopic (exact) mass is 273 g/mol. The largest absolute Gasteiger partial charge is 0.481 e. The van der Waals surface area contributed by atoms with E-state index in [2.05, 4.69) is 29.2 Å². The van der Waals surface area contributed by atoms with E-state index in [4.69, 9.17) is 5.11 Å². The number of fused-ring (bicyclic) bond motifs is 1. The maximum absolute atomic E-state index is 11.1. The summed E-state index contributed by atoms with van der Waals surface area (Å²) in [4.78, 5) is 13.7. The zero-order valence-electron chi connectivity index (χ0n) is 12.1. The molecule has 0 aromatic heterocycles. The lowest BCUT2D eigenvalue weighted by atomic mass is 9.91. The normalized spacial score (nSPS) is 23.9. The van der Waals surface area contributed by atoms with Crippen LogP contribution in [0.2, 0.25) is 0 Å². The first-order valence-corrected chi connectivity index (χ1v) is 7.75. The van der Waals surface area contributed by atoms with Gasteiger partial charge in [0.1, 0.15) is 0 Å². The van der Waals surface area contributed by atoms with Gasteiger partial charge in [-0.1, -0.05) is 38.0 Å². The van der Waals surface area contributed by atoms with E-state index in [1.54, 1.807) is 0 Å². The third kappa shape index (κ3) is 2.41. The van der Waals surface area contributed by atoms with Gasteiger partial charge in [0.25, 0.3) is 0 Å². The molecule has 1 aromatic carbocycles. The number of anilines is 1. The minimum atomic E-state index is -0.679. The van der Waals surface area contributed by atoms with E-state index in [9.17, 15) is 4.79 Å². The summed E-state index contributed by atoms with van der Waals surface area (Å²) < 4.78 is 0. The molecule has 1 fully saturated rings. The summed E-state index contributed by atoms with van der Waals surface area (Å²) in [5.74, 6) is -0.573. The van der Waals surface area contributed by atoms with Crippen molar-refractivity contribution < 1.29 is 9.90 Å². The summed E-state index contributed by atoms with van der Waals surface area (Å²) in [7, 11) is 0. The summed E-state index contributed by atoms with van der Waals surface area (Å²) in [5.41, 5.74) is 2.70. The smallest absolute Gasteiger partial charge is 0.306 e. The molecule has 1 N–H and O–H groups in total. The number of para-hydroxylation sites is 1. The third-order valence-electron chi connectivity index (χ3n) is 4.93. The Balaban J connectivity index is 1.82. The lowest BCUT2D eigenvalue weighted by molar-refractivity contribution is -0.141. The van der Waals surface area contributed by atoms with Gasteiger partial charge in [0.05, 0.1) is 5.92 Å². The molecule has 1 heterocycles. The van der Waals surface area contributed by atoms with Gasteiger partial charge in [-0.2, -0.15) is 0 Å². The van der Waals surface area contributed by atoms with Gasteiger partial charge in [-0.15, -0.1) is 0 Å². The van der Waals surface area contributed by atoms with Crippen LogP contribution in [0.5, 0.6) is 0 Å². The maximum atomic E-state index is 11.1. The summed E-state index contributed by atoms with van der Waals surface area (Å²) in [6, 6.07) is 9.24. The average molecular weight is 273 g/mol. The van der Waals surface area contributed by atoms with Crippen LogP contribution in [0.4, 0.5) is 5.69 Å².